The van der Waals surface area contributed by atoms with Crippen LogP contribution in [0.1, 0.15) is 17.5 Å². The second kappa shape index (κ2) is 5.61. The van der Waals surface area contributed by atoms with Crippen molar-refractivity contribution in [3.05, 3.63) is 29.3 Å². The molecule has 1 amide bonds. The second-order valence-corrected chi connectivity index (χ2v) is 5.46. The summed E-state index contributed by atoms with van der Waals surface area (Å²) >= 11 is 0. The number of carbonyl (C=O) groups excluding carboxylic acids is 1. The first-order valence-electron chi connectivity index (χ1n) is 6.80. The summed E-state index contributed by atoms with van der Waals surface area (Å²) in [6, 6.07) is 6.65. The van der Waals surface area contributed by atoms with Crippen LogP contribution in [0.4, 0.5) is 5.69 Å². The third kappa shape index (κ3) is 3.07. The van der Waals surface area contributed by atoms with Gasteiger partial charge in [0.1, 0.15) is 0 Å². The van der Waals surface area contributed by atoms with Crippen molar-refractivity contribution < 1.29 is 4.79 Å². The predicted molar refractivity (Wildman–Crippen MR) is 78.4 cm³/mol. The Morgan fingerprint density at radius 1 is 1.26 bits per heavy atom. The minimum atomic E-state index is 0.170. The molecule has 2 N–H and O–H groups in total. The number of anilines is 1. The van der Waals surface area contributed by atoms with E-state index in [1.807, 2.05) is 11.9 Å². The van der Waals surface area contributed by atoms with Gasteiger partial charge in [-0.25, -0.2) is 0 Å². The van der Waals surface area contributed by atoms with Gasteiger partial charge >= 0.3 is 0 Å². The fraction of sp³-hybridized carbons (Fsp3) is 0.533. The summed E-state index contributed by atoms with van der Waals surface area (Å²) in [5.41, 5.74) is 9.25. The number of hydrogen-bond donors (Lipinski definition) is 1. The molecule has 19 heavy (non-hydrogen) atoms. The summed E-state index contributed by atoms with van der Waals surface area (Å²) in [4.78, 5) is 16.1. The van der Waals surface area contributed by atoms with Gasteiger partial charge in [-0.2, -0.15) is 0 Å². The standard InChI is InChI=1S/C15H23N3O/c1-11-6-12(2)8-14(7-11)18-9-13(4-5-16)17(3)15(19)10-18/h6-8,13H,4-5,9-10,16H2,1-3H3. The molecule has 0 aliphatic carbocycles. The number of amides is 1. The van der Waals surface area contributed by atoms with Crippen LogP contribution >= 0.6 is 0 Å². The van der Waals surface area contributed by atoms with Gasteiger partial charge in [0.25, 0.3) is 0 Å². The highest BCUT2D eigenvalue weighted by molar-refractivity contribution is 5.83. The molecule has 0 bridgehead atoms. The SMILES string of the molecule is Cc1cc(C)cc(N2CC(=O)N(C)C(CCN)C2)c1. The molecule has 1 aromatic rings. The fourth-order valence-electron chi connectivity index (χ4n) is 2.73. The lowest BCUT2D eigenvalue weighted by atomic mass is 10.1. The van der Waals surface area contributed by atoms with E-state index in [4.69, 9.17) is 5.73 Å². The average molecular weight is 261 g/mol. The maximum atomic E-state index is 12.1. The number of hydrogen-bond acceptors (Lipinski definition) is 3. The van der Waals surface area contributed by atoms with Gasteiger partial charge in [0.15, 0.2) is 0 Å². The van der Waals surface area contributed by atoms with Gasteiger partial charge in [-0.1, -0.05) is 6.07 Å². The van der Waals surface area contributed by atoms with Gasteiger partial charge in [-0.05, 0) is 50.1 Å². The number of nitrogens with zero attached hydrogens (tertiary/aromatic N) is 2. The third-order valence-electron chi connectivity index (χ3n) is 3.77. The lowest BCUT2D eigenvalue weighted by Gasteiger charge is -2.40. The first-order chi connectivity index (χ1) is 9.01. The van der Waals surface area contributed by atoms with E-state index in [1.54, 1.807) is 0 Å². The van der Waals surface area contributed by atoms with Crippen molar-refractivity contribution in [2.45, 2.75) is 26.3 Å². The Kier molecular flexibility index (Phi) is 4.10. The van der Waals surface area contributed by atoms with Gasteiger partial charge in [-0.15, -0.1) is 0 Å². The zero-order valence-corrected chi connectivity index (χ0v) is 12.0. The van der Waals surface area contributed by atoms with Crippen LogP contribution in [-0.2, 0) is 4.79 Å². The van der Waals surface area contributed by atoms with Crippen LogP contribution in [-0.4, -0.2) is 43.5 Å². The van der Waals surface area contributed by atoms with E-state index in [1.165, 1.54) is 11.1 Å². The number of piperazine rings is 1. The smallest absolute Gasteiger partial charge is 0.242 e. The highest BCUT2D eigenvalue weighted by atomic mass is 16.2. The van der Waals surface area contributed by atoms with E-state index in [-0.39, 0.29) is 11.9 Å². The molecule has 1 unspecified atom stereocenters. The molecule has 1 atom stereocenters. The average Bonchev–Trinajstić information content (AvgIpc) is 2.33. The molecular formula is C15H23N3O. The molecular weight excluding hydrogens is 238 g/mol. The van der Waals surface area contributed by atoms with Crippen molar-refractivity contribution in [3.8, 4) is 0 Å². The first-order valence-corrected chi connectivity index (χ1v) is 6.80. The summed E-state index contributed by atoms with van der Waals surface area (Å²) in [7, 11) is 1.88. The van der Waals surface area contributed by atoms with Gasteiger partial charge in [0, 0.05) is 19.3 Å². The minimum absolute atomic E-state index is 0.170. The van der Waals surface area contributed by atoms with Crippen LogP contribution in [0.5, 0.6) is 0 Å². The molecule has 1 aliphatic rings. The lowest BCUT2D eigenvalue weighted by Crippen LogP contribution is -2.55. The molecule has 0 aromatic heterocycles. The van der Waals surface area contributed by atoms with Gasteiger partial charge in [-0.3, -0.25) is 4.79 Å². The van der Waals surface area contributed by atoms with Crippen LogP contribution in [0, 0.1) is 13.8 Å². The summed E-state index contributed by atoms with van der Waals surface area (Å²) in [5, 5.41) is 0. The monoisotopic (exact) mass is 261 g/mol. The van der Waals surface area contributed by atoms with E-state index in [9.17, 15) is 4.79 Å². The summed E-state index contributed by atoms with van der Waals surface area (Å²) in [5.74, 6) is 0.170. The number of nitrogens with two attached hydrogens (primary N) is 1. The fourth-order valence-corrected chi connectivity index (χ4v) is 2.73. The van der Waals surface area contributed by atoms with Crippen molar-refractivity contribution in [1.82, 2.24) is 4.90 Å². The Balaban J connectivity index is 2.22. The van der Waals surface area contributed by atoms with Crippen molar-refractivity contribution in [1.29, 1.82) is 0 Å². The zero-order valence-electron chi connectivity index (χ0n) is 12.0. The molecule has 0 saturated carbocycles. The Morgan fingerprint density at radius 3 is 2.47 bits per heavy atom. The van der Waals surface area contributed by atoms with Crippen molar-refractivity contribution in [2.24, 2.45) is 5.73 Å². The van der Waals surface area contributed by atoms with Crippen LogP contribution < -0.4 is 10.6 Å². The number of benzene rings is 1. The van der Waals surface area contributed by atoms with E-state index < -0.39 is 0 Å². The van der Waals surface area contributed by atoms with E-state index in [0.29, 0.717) is 13.1 Å². The lowest BCUT2D eigenvalue weighted by molar-refractivity contribution is -0.132. The van der Waals surface area contributed by atoms with Crippen molar-refractivity contribution in [3.63, 3.8) is 0 Å². The highest BCUT2D eigenvalue weighted by Gasteiger charge is 2.29. The largest absolute Gasteiger partial charge is 0.360 e. The van der Waals surface area contributed by atoms with Gasteiger partial charge < -0.3 is 15.5 Å². The molecule has 2 rings (SSSR count). The highest BCUT2D eigenvalue weighted by Crippen LogP contribution is 2.22. The van der Waals surface area contributed by atoms with Crippen LogP contribution in [0.2, 0.25) is 0 Å². The third-order valence-corrected chi connectivity index (χ3v) is 3.77. The van der Waals surface area contributed by atoms with Crippen LogP contribution in [0.3, 0.4) is 0 Å². The van der Waals surface area contributed by atoms with E-state index in [0.717, 1.165) is 18.7 Å². The van der Waals surface area contributed by atoms with E-state index in [2.05, 4.69) is 36.9 Å². The number of carbonyl (C=O) groups is 1. The maximum absolute atomic E-state index is 12.1. The molecule has 1 aliphatic heterocycles. The molecule has 1 fully saturated rings. The van der Waals surface area contributed by atoms with Crippen molar-refractivity contribution >= 4 is 11.6 Å². The predicted octanol–water partition coefficient (Wildman–Crippen LogP) is 1.30. The van der Waals surface area contributed by atoms with Crippen LogP contribution in [0.25, 0.3) is 0 Å². The molecule has 4 heteroatoms. The van der Waals surface area contributed by atoms with Gasteiger partial charge in [0.05, 0.1) is 12.6 Å². The topological polar surface area (TPSA) is 49.6 Å². The number of aryl methyl sites for hydroxylation is 2. The molecule has 1 heterocycles. The Bertz CT molecular complexity index is 452. The molecule has 104 valence electrons. The normalized spacial score (nSPS) is 20.0. The Morgan fingerprint density at radius 2 is 1.89 bits per heavy atom. The molecule has 0 spiro atoms. The van der Waals surface area contributed by atoms with Crippen molar-refractivity contribution in [2.75, 3.05) is 31.6 Å². The summed E-state index contributed by atoms with van der Waals surface area (Å²) < 4.78 is 0. The molecule has 0 radical (unpaired) electrons. The quantitative estimate of drug-likeness (QED) is 0.892. The first kappa shape index (κ1) is 13.9. The summed E-state index contributed by atoms with van der Waals surface area (Å²) in [6.45, 7) is 6.11. The Hall–Kier alpha value is -1.55. The number of likely N-dealkylation sites (N-methyl/N-ethyl adjacent to an activating group) is 1. The maximum Gasteiger partial charge on any atom is 0.242 e. The second-order valence-electron chi connectivity index (χ2n) is 5.46. The zero-order chi connectivity index (χ0) is 14.0. The van der Waals surface area contributed by atoms with Gasteiger partial charge in [0.2, 0.25) is 5.91 Å². The van der Waals surface area contributed by atoms with Crippen LogP contribution in [0.15, 0.2) is 18.2 Å². The molecule has 1 saturated heterocycles. The molecule has 4 nitrogen and oxygen atoms in total. The summed E-state index contributed by atoms with van der Waals surface area (Å²) in [6.07, 6.45) is 0.851. The molecule has 1 aromatic carbocycles. The van der Waals surface area contributed by atoms with E-state index >= 15 is 0 Å². The Labute approximate surface area is 115 Å². The minimum Gasteiger partial charge on any atom is -0.360 e. The number of rotatable bonds is 3.